The van der Waals surface area contributed by atoms with Crippen LogP contribution >= 0.6 is 0 Å². The van der Waals surface area contributed by atoms with Gasteiger partial charge in [-0.3, -0.25) is 14.4 Å². The second-order valence-corrected chi connectivity index (χ2v) is 18.4. The molecule has 0 aromatic heterocycles. The van der Waals surface area contributed by atoms with Crippen molar-refractivity contribution < 1.29 is 41.1 Å². The van der Waals surface area contributed by atoms with Crippen molar-refractivity contribution in [3.8, 4) is 0 Å². The third kappa shape index (κ3) is 9.77. The molecule has 1 unspecified atom stereocenters. The van der Waals surface area contributed by atoms with E-state index in [9.17, 15) is 36.4 Å². The van der Waals surface area contributed by atoms with Crippen LogP contribution in [0.15, 0.2) is 0 Å². The van der Waals surface area contributed by atoms with Gasteiger partial charge in [0.1, 0.15) is 18.1 Å². The van der Waals surface area contributed by atoms with Gasteiger partial charge in [-0.05, 0) is 40.9 Å². The molecule has 2 aliphatic heterocycles. The minimum Gasteiger partial charge on any atom is -0.376 e. The number of sulfonamides is 1. The summed E-state index contributed by atoms with van der Waals surface area (Å²) >= 11 is 0. The van der Waals surface area contributed by atoms with Crippen LogP contribution in [-0.2, 0) is 29.1 Å². The molecule has 1 saturated carbocycles. The topological polar surface area (TPSA) is 166 Å². The number of piperidine rings is 1. The number of carbonyl (C=O) groups is 4. The van der Waals surface area contributed by atoms with E-state index in [-0.39, 0.29) is 43.0 Å². The number of halogens is 2. The number of hydrogen-bond acceptors (Lipinski definition) is 7. The first-order chi connectivity index (χ1) is 21.9. The Morgan fingerprint density at radius 3 is 2.15 bits per heavy atom. The summed E-state index contributed by atoms with van der Waals surface area (Å²) in [6.07, 6.45) is -1.33. The van der Waals surface area contributed by atoms with Crippen LogP contribution in [0.3, 0.4) is 0 Å². The summed E-state index contributed by atoms with van der Waals surface area (Å²) in [4.78, 5) is 55.9. The van der Waals surface area contributed by atoms with Crippen LogP contribution in [0.5, 0.6) is 0 Å². The fraction of sp³-hybridized carbons (Fsp3) is 0.875. The van der Waals surface area contributed by atoms with Gasteiger partial charge in [-0.25, -0.2) is 26.3 Å². The highest BCUT2D eigenvalue weighted by atomic mass is 32.2. The Bertz CT molecular complexity index is 1310. The molecule has 0 aromatic rings. The number of fused-ring (bicyclic) bond motifs is 1. The monoisotopic (exact) mass is 706 g/mol. The van der Waals surface area contributed by atoms with E-state index in [1.165, 1.54) is 11.9 Å². The van der Waals surface area contributed by atoms with Crippen molar-refractivity contribution in [1.82, 2.24) is 30.5 Å². The number of hydrogen-bond donors (Lipinski definition) is 4. The Morgan fingerprint density at radius 2 is 1.65 bits per heavy atom. The van der Waals surface area contributed by atoms with Gasteiger partial charge >= 0.3 is 6.03 Å². The van der Waals surface area contributed by atoms with Crippen LogP contribution in [0.4, 0.5) is 13.6 Å². The van der Waals surface area contributed by atoms with Gasteiger partial charge in [0.25, 0.3) is 0 Å². The summed E-state index contributed by atoms with van der Waals surface area (Å²) in [6, 6.07) is -4.96. The van der Waals surface area contributed by atoms with Crippen molar-refractivity contribution >= 4 is 33.8 Å². The predicted molar refractivity (Wildman–Crippen MR) is 176 cm³/mol. The number of amides is 5. The van der Waals surface area contributed by atoms with Crippen LogP contribution in [-0.4, -0.2) is 118 Å². The van der Waals surface area contributed by atoms with Gasteiger partial charge in [0.15, 0.2) is 0 Å². The summed E-state index contributed by atoms with van der Waals surface area (Å²) < 4.78 is 58.0. The van der Waals surface area contributed by atoms with Crippen molar-refractivity contribution in [2.75, 3.05) is 39.5 Å². The number of nitrogens with zero attached hydrogens (tertiary/aromatic N) is 2. The lowest BCUT2D eigenvalue weighted by atomic mass is 9.85. The molecule has 1 aliphatic carbocycles. The minimum absolute atomic E-state index is 0.00224. The Morgan fingerprint density at radius 1 is 1.02 bits per heavy atom. The quantitative estimate of drug-likeness (QED) is 0.227. The fourth-order valence-electron chi connectivity index (χ4n) is 6.70. The number of alkyl halides is 2. The number of likely N-dealkylation sites (tertiary alicyclic amines) is 1. The van der Waals surface area contributed by atoms with Gasteiger partial charge in [0.2, 0.25) is 34.2 Å². The smallest absolute Gasteiger partial charge is 0.315 e. The largest absolute Gasteiger partial charge is 0.376 e. The molecule has 5 amide bonds. The minimum atomic E-state index is -3.53. The molecule has 3 aliphatic rings. The van der Waals surface area contributed by atoms with Crippen LogP contribution in [0, 0.1) is 28.1 Å². The highest BCUT2D eigenvalue weighted by Gasteiger charge is 2.70. The number of ether oxygens (including phenoxy) is 1. The molecular weight excluding hydrogens is 650 g/mol. The Kier molecular flexibility index (Phi) is 12.2. The first-order valence-electron chi connectivity index (χ1n) is 16.6. The van der Waals surface area contributed by atoms with Crippen molar-refractivity contribution in [3.05, 3.63) is 0 Å². The van der Waals surface area contributed by atoms with E-state index >= 15 is 0 Å². The number of nitrogens with one attached hydrogen (secondary N) is 4. The fourth-order valence-corrected chi connectivity index (χ4v) is 7.12. The zero-order valence-electron chi connectivity index (χ0n) is 30.0. The van der Waals surface area contributed by atoms with Crippen LogP contribution in [0.2, 0.25) is 0 Å². The molecule has 2 heterocycles. The van der Waals surface area contributed by atoms with Crippen LogP contribution < -0.4 is 21.3 Å². The normalized spacial score (nSPS) is 25.7. The molecule has 48 heavy (non-hydrogen) atoms. The summed E-state index contributed by atoms with van der Waals surface area (Å²) in [5, 5.41) is 10.7. The molecular formula is C32H56F2N6O7S. The lowest BCUT2D eigenvalue weighted by molar-refractivity contribution is -0.144. The highest BCUT2D eigenvalue weighted by Crippen LogP contribution is 2.65. The zero-order valence-corrected chi connectivity index (χ0v) is 30.8. The highest BCUT2D eigenvalue weighted by molar-refractivity contribution is 7.88. The van der Waals surface area contributed by atoms with Gasteiger partial charge in [-0.1, -0.05) is 55.4 Å². The van der Waals surface area contributed by atoms with Crippen molar-refractivity contribution in [2.45, 2.75) is 111 Å². The Hall–Kier alpha value is -2.59. The lowest BCUT2D eigenvalue weighted by Crippen LogP contribution is -2.63. The Labute approximate surface area is 284 Å². The summed E-state index contributed by atoms with van der Waals surface area (Å²) in [7, 11) is -2.11. The lowest BCUT2D eigenvalue weighted by Gasteiger charge is -2.39. The number of rotatable bonds is 13. The first kappa shape index (κ1) is 39.8. The van der Waals surface area contributed by atoms with Gasteiger partial charge in [-0.2, -0.15) is 0 Å². The van der Waals surface area contributed by atoms with E-state index in [0.29, 0.717) is 6.61 Å². The van der Waals surface area contributed by atoms with E-state index in [1.54, 1.807) is 20.8 Å². The maximum atomic E-state index is 14.3. The summed E-state index contributed by atoms with van der Waals surface area (Å²) in [6.45, 7) is 15.7. The van der Waals surface area contributed by atoms with Gasteiger partial charge in [0, 0.05) is 45.8 Å². The first-order valence-corrected chi connectivity index (χ1v) is 18.5. The second-order valence-electron chi connectivity index (χ2n) is 16.3. The van der Waals surface area contributed by atoms with Gasteiger partial charge in [0.05, 0.1) is 12.4 Å². The second kappa shape index (κ2) is 14.7. The average molecular weight is 707 g/mol. The maximum Gasteiger partial charge on any atom is 0.315 e. The standard InChI is InChI=1S/C32H56F2N6O7S/c1-30(2,3)21(17-39(9)48(10,45)46)37-29(44)38-25(31(4,5)6)28(43)40-16-19-23(32(19,7)8)24(40)27(42)36-20(14-22(33)34)26(41)35-15-18-12-11-13-47-18/h18-25H,11-17H2,1-10H3,(H,35,41)(H,36,42)(H2,37,38,44)/t18?,19-,20-,21+,23-,24-,25+/m0/s1. The predicted octanol–water partition coefficient (Wildman–Crippen LogP) is 1.92. The molecule has 13 nitrogen and oxygen atoms in total. The van der Waals surface area contributed by atoms with Crippen molar-refractivity contribution in [3.63, 3.8) is 0 Å². The van der Waals surface area contributed by atoms with Gasteiger partial charge < -0.3 is 30.9 Å². The number of likely N-dealkylation sites (N-methyl/N-ethyl adjacent to an activating group) is 1. The van der Waals surface area contributed by atoms with E-state index in [1.807, 2.05) is 34.6 Å². The van der Waals surface area contributed by atoms with Gasteiger partial charge in [-0.15, -0.1) is 0 Å². The maximum absolute atomic E-state index is 14.3. The average Bonchev–Trinajstić information content (AvgIpc) is 3.36. The number of carbonyl (C=O) groups excluding carboxylic acids is 4. The molecule has 3 fully saturated rings. The molecule has 0 bridgehead atoms. The van der Waals surface area contributed by atoms with Crippen molar-refractivity contribution in [2.24, 2.45) is 28.1 Å². The molecule has 2 saturated heterocycles. The SMILES string of the molecule is CN(C[C@@H](NC(=O)N[C@H](C(=O)N1C[C@H]2[C@@H]([C@H]1C(=O)N[C@@H](CC(F)F)C(=O)NCC1CCCO1)C2(C)C)C(C)(C)C)C(C)(C)C)S(C)(=O)=O. The van der Waals surface area contributed by atoms with E-state index in [2.05, 4.69) is 21.3 Å². The van der Waals surface area contributed by atoms with Crippen molar-refractivity contribution in [1.29, 1.82) is 0 Å². The zero-order chi connectivity index (χ0) is 36.6. The third-order valence-corrected chi connectivity index (χ3v) is 11.4. The molecule has 0 aromatic carbocycles. The van der Waals surface area contributed by atoms with E-state index in [0.717, 1.165) is 23.4 Å². The molecule has 0 spiro atoms. The molecule has 16 heteroatoms. The number of urea groups is 1. The molecule has 276 valence electrons. The Balaban J connectivity index is 1.80. The molecule has 0 radical (unpaired) electrons. The third-order valence-electron chi connectivity index (χ3n) is 10.1. The van der Waals surface area contributed by atoms with Crippen LogP contribution in [0.25, 0.3) is 0 Å². The summed E-state index contributed by atoms with van der Waals surface area (Å²) in [5.74, 6) is -2.27. The summed E-state index contributed by atoms with van der Waals surface area (Å²) in [5.41, 5.74) is -1.67. The van der Waals surface area contributed by atoms with E-state index in [4.69, 9.17) is 4.74 Å². The molecule has 3 rings (SSSR count). The molecule has 7 atom stereocenters. The van der Waals surface area contributed by atoms with E-state index < -0.39 is 81.6 Å². The molecule has 4 N–H and O–H groups in total. The van der Waals surface area contributed by atoms with Crippen LogP contribution in [0.1, 0.15) is 74.7 Å².